The second-order valence-electron chi connectivity index (χ2n) is 12.6. The fraction of sp³-hybridized carbons (Fsp3) is 0.471. The van der Waals surface area contributed by atoms with Crippen LogP contribution in [-0.4, -0.2) is 67.9 Å². The van der Waals surface area contributed by atoms with Gasteiger partial charge in [-0.25, -0.2) is 9.59 Å². The first kappa shape index (κ1) is 37.7. The molecule has 0 spiro atoms. The van der Waals surface area contributed by atoms with Gasteiger partial charge in [0.2, 0.25) is 0 Å². The largest absolute Gasteiger partial charge is 0.573 e. The number of carbonyl (C=O) groups is 2. The Hall–Kier alpha value is -4.13. The molecule has 1 N–H and O–H groups in total. The van der Waals surface area contributed by atoms with Gasteiger partial charge < -0.3 is 19.3 Å². The van der Waals surface area contributed by atoms with Crippen molar-refractivity contribution in [2.24, 2.45) is 0 Å². The number of rotatable bonds is 10. The number of alkyl halides is 3. The number of benzene rings is 2. The average Bonchev–Trinajstić information content (AvgIpc) is 3.36. The first-order valence-corrected chi connectivity index (χ1v) is 16.5. The van der Waals surface area contributed by atoms with Gasteiger partial charge in [0.15, 0.2) is 5.69 Å². The quantitative estimate of drug-likeness (QED) is 0.217. The Morgan fingerprint density at radius 2 is 1.82 bits per heavy atom. The Balaban J connectivity index is 1.65. The van der Waals surface area contributed by atoms with Gasteiger partial charge in [-0.1, -0.05) is 18.2 Å². The molecule has 1 unspecified atom stereocenters. The lowest BCUT2D eigenvalue weighted by Gasteiger charge is -2.36. The summed E-state index contributed by atoms with van der Waals surface area (Å²) in [5.41, 5.74) is 1.96. The molecule has 49 heavy (non-hydrogen) atoms. The Labute approximate surface area is 291 Å². The molecule has 15 heteroatoms. The van der Waals surface area contributed by atoms with Crippen molar-refractivity contribution >= 4 is 28.0 Å². The van der Waals surface area contributed by atoms with Crippen LogP contribution in [0.2, 0.25) is 0 Å². The van der Waals surface area contributed by atoms with E-state index in [9.17, 15) is 33.1 Å². The topological polar surface area (TPSA) is 130 Å². The molecule has 11 nitrogen and oxygen atoms in total. The van der Waals surface area contributed by atoms with Gasteiger partial charge in [-0.15, -0.1) is 13.2 Å². The monoisotopic (exact) mass is 749 g/mol. The number of nitriles is 1. The second-order valence-corrected chi connectivity index (χ2v) is 13.5. The minimum absolute atomic E-state index is 0.0154. The van der Waals surface area contributed by atoms with Crippen molar-refractivity contribution in [1.29, 1.82) is 5.26 Å². The number of ether oxygens (including phenoxy) is 3. The number of esters is 1. The Kier molecular flexibility index (Phi) is 11.7. The smallest absolute Gasteiger partial charge is 0.461 e. The molecule has 0 saturated carbocycles. The molecule has 264 valence electrons. The van der Waals surface area contributed by atoms with Gasteiger partial charge in [0.1, 0.15) is 23.6 Å². The molecule has 0 radical (unpaired) electrons. The number of carbonyl (C=O) groups excluding carboxylic acids is 2. The summed E-state index contributed by atoms with van der Waals surface area (Å²) in [7, 11) is 0. The predicted octanol–water partition coefficient (Wildman–Crippen LogP) is 7.03. The van der Waals surface area contributed by atoms with Crippen LogP contribution in [0.1, 0.15) is 92.2 Å². The molecule has 0 bridgehead atoms. The lowest BCUT2D eigenvalue weighted by atomic mass is 9.97. The van der Waals surface area contributed by atoms with Crippen LogP contribution in [0.25, 0.3) is 0 Å². The van der Waals surface area contributed by atoms with Gasteiger partial charge in [-0.05, 0) is 92.9 Å². The molecule has 2 heterocycles. The van der Waals surface area contributed by atoms with Crippen LogP contribution in [0.3, 0.4) is 0 Å². The van der Waals surface area contributed by atoms with Crippen LogP contribution >= 0.6 is 15.9 Å². The average molecular weight is 751 g/mol. The zero-order valence-electron chi connectivity index (χ0n) is 28.0. The maximum absolute atomic E-state index is 13.5. The first-order chi connectivity index (χ1) is 22.9. The van der Waals surface area contributed by atoms with Crippen molar-refractivity contribution in [3.8, 4) is 11.8 Å². The molecule has 1 aliphatic rings. The second kappa shape index (κ2) is 15.2. The number of hydrogen-bond donors (Lipinski definition) is 1. The third kappa shape index (κ3) is 9.31. The van der Waals surface area contributed by atoms with E-state index in [1.807, 2.05) is 11.8 Å². The summed E-state index contributed by atoms with van der Waals surface area (Å²) in [6, 6.07) is 11.5. The zero-order chi connectivity index (χ0) is 36.3. The van der Waals surface area contributed by atoms with Crippen molar-refractivity contribution < 1.29 is 42.1 Å². The highest BCUT2D eigenvalue weighted by atomic mass is 79.9. The van der Waals surface area contributed by atoms with E-state index in [0.717, 1.165) is 0 Å². The maximum Gasteiger partial charge on any atom is 0.573 e. The van der Waals surface area contributed by atoms with E-state index in [4.69, 9.17) is 14.6 Å². The van der Waals surface area contributed by atoms with E-state index in [0.29, 0.717) is 38.8 Å². The standard InChI is InChI=1S/C34H39BrF3N5O6/c1-7-47-31(45)29-26-19-42(30(44)23-10-13-27(35)24(17-23)18-39)20(2)16-28(26)40-43(29)15-14-41(32(46)49-33(4,5)6)21(3)22-8-11-25(12-9-22)48-34(36,37)38/h8-13,17,20-21,30,44H,7,14-16,19H2,1-6H3/t20-,21+,30?/m1/s1. The number of fused-ring (bicyclic) bond motifs is 1. The summed E-state index contributed by atoms with van der Waals surface area (Å²) in [6.07, 6.45) is -6.20. The van der Waals surface area contributed by atoms with Crippen molar-refractivity contribution in [2.75, 3.05) is 13.2 Å². The molecule has 0 fully saturated rings. The predicted molar refractivity (Wildman–Crippen MR) is 175 cm³/mol. The van der Waals surface area contributed by atoms with E-state index in [1.165, 1.54) is 33.8 Å². The van der Waals surface area contributed by atoms with Gasteiger partial charge in [-0.3, -0.25) is 14.5 Å². The number of aliphatic hydroxyl groups excluding tert-OH is 1. The van der Waals surface area contributed by atoms with Gasteiger partial charge in [0, 0.05) is 35.6 Å². The molecule has 1 aromatic heterocycles. The molecule has 1 amide bonds. The number of aliphatic hydroxyl groups is 1. The van der Waals surface area contributed by atoms with Crippen LogP contribution < -0.4 is 4.74 Å². The Morgan fingerprint density at radius 1 is 1.16 bits per heavy atom. The first-order valence-electron chi connectivity index (χ1n) is 15.7. The number of hydrogen-bond acceptors (Lipinski definition) is 9. The molecular formula is C34H39BrF3N5O6. The van der Waals surface area contributed by atoms with Crippen LogP contribution in [0.15, 0.2) is 46.9 Å². The van der Waals surface area contributed by atoms with Crippen molar-refractivity contribution in [2.45, 2.75) is 91.3 Å². The fourth-order valence-electron chi connectivity index (χ4n) is 5.61. The molecule has 0 aliphatic carbocycles. The van der Waals surface area contributed by atoms with E-state index >= 15 is 0 Å². The summed E-state index contributed by atoms with van der Waals surface area (Å²) in [4.78, 5) is 30.1. The van der Waals surface area contributed by atoms with Crippen molar-refractivity contribution in [1.82, 2.24) is 19.6 Å². The van der Waals surface area contributed by atoms with Crippen LogP contribution in [0.5, 0.6) is 5.75 Å². The maximum atomic E-state index is 13.5. The Bertz CT molecular complexity index is 1700. The number of halogens is 4. The normalized spacial score (nSPS) is 16.2. The van der Waals surface area contributed by atoms with E-state index in [-0.39, 0.29) is 38.0 Å². The van der Waals surface area contributed by atoms with Gasteiger partial charge in [0.25, 0.3) is 0 Å². The molecule has 3 atom stereocenters. The highest BCUT2D eigenvalue weighted by Gasteiger charge is 2.36. The van der Waals surface area contributed by atoms with E-state index in [2.05, 4.69) is 26.7 Å². The van der Waals surface area contributed by atoms with Crippen molar-refractivity contribution in [3.63, 3.8) is 0 Å². The molecular weight excluding hydrogens is 711 g/mol. The van der Waals surface area contributed by atoms with Crippen molar-refractivity contribution in [3.05, 3.63) is 80.6 Å². The third-order valence-corrected chi connectivity index (χ3v) is 8.66. The summed E-state index contributed by atoms with van der Waals surface area (Å²) in [5, 5.41) is 25.6. The highest BCUT2D eigenvalue weighted by molar-refractivity contribution is 9.10. The van der Waals surface area contributed by atoms with Crippen LogP contribution in [0, 0.1) is 11.3 Å². The number of nitrogens with zero attached hydrogens (tertiary/aromatic N) is 5. The van der Waals surface area contributed by atoms with E-state index < -0.39 is 42.0 Å². The molecule has 1 aliphatic heterocycles. The van der Waals surface area contributed by atoms with Crippen LogP contribution in [0.4, 0.5) is 18.0 Å². The van der Waals surface area contributed by atoms with Gasteiger partial charge >= 0.3 is 18.4 Å². The highest BCUT2D eigenvalue weighted by Crippen LogP contribution is 2.34. The molecule has 4 rings (SSSR count). The fourth-order valence-corrected chi connectivity index (χ4v) is 5.94. The number of amides is 1. The minimum atomic E-state index is -4.85. The summed E-state index contributed by atoms with van der Waals surface area (Å²) >= 11 is 3.34. The van der Waals surface area contributed by atoms with Crippen LogP contribution in [-0.2, 0) is 29.0 Å². The molecule has 2 aromatic carbocycles. The summed E-state index contributed by atoms with van der Waals surface area (Å²) in [6.45, 7) is 10.8. The third-order valence-electron chi connectivity index (χ3n) is 7.97. The van der Waals surface area contributed by atoms with Gasteiger partial charge in [0.05, 0.1) is 30.5 Å². The molecule has 0 saturated heterocycles. The van der Waals surface area contributed by atoms with E-state index in [1.54, 1.807) is 52.8 Å². The SMILES string of the molecule is CCOC(=O)c1c2c(nn1CCN(C(=O)OC(C)(C)C)[C@@H](C)c1ccc(OC(F)(F)F)cc1)C[C@@H](C)N(C(O)c1ccc(Br)c(C#N)c1)C2. The summed E-state index contributed by atoms with van der Waals surface area (Å²) in [5.74, 6) is -1.01. The number of aromatic nitrogens is 2. The summed E-state index contributed by atoms with van der Waals surface area (Å²) < 4.78 is 55.3. The lowest BCUT2D eigenvalue weighted by molar-refractivity contribution is -0.274. The van der Waals surface area contributed by atoms with Gasteiger partial charge in [-0.2, -0.15) is 10.4 Å². The Morgan fingerprint density at radius 3 is 2.41 bits per heavy atom. The zero-order valence-corrected chi connectivity index (χ0v) is 29.6. The molecule has 3 aromatic rings. The minimum Gasteiger partial charge on any atom is -0.461 e. The lowest BCUT2D eigenvalue weighted by Crippen LogP contribution is -2.41.